The molecule has 0 bridgehead atoms. The first-order valence-electron chi connectivity index (χ1n) is 5.33. The molecule has 0 fully saturated rings. The van der Waals surface area contributed by atoms with E-state index in [2.05, 4.69) is 6.07 Å². The predicted octanol–water partition coefficient (Wildman–Crippen LogP) is 5.06. The first-order chi connectivity index (χ1) is 8.70. The average molecular weight is 274 g/mol. The third kappa shape index (κ3) is 2.92. The molecule has 2 aromatic carbocycles. The standard InChI is InChI=1S/C15H9Cl2N/c16-14-7-5-11(6-8-14)13(10-18)9-12-3-1-2-4-15(12)17/h1-9H/b13-9+. The third-order valence-corrected chi connectivity index (χ3v) is 3.08. The Balaban J connectivity index is 2.44. The molecule has 1 nitrogen and oxygen atoms in total. The lowest BCUT2D eigenvalue weighted by molar-refractivity contribution is 1.52. The summed E-state index contributed by atoms with van der Waals surface area (Å²) in [6.07, 6.45) is 1.77. The van der Waals surface area contributed by atoms with Crippen LogP contribution in [0.5, 0.6) is 0 Å². The Morgan fingerprint density at radius 1 is 1.00 bits per heavy atom. The van der Waals surface area contributed by atoms with E-state index in [-0.39, 0.29) is 0 Å². The van der Waals surface area contributed by atoms with Gasteiger partial charge in [-0.3, -0.25) is 0 Å². The van der Waals surface area contributed by atoms with E-state index in [0.29, 0.717) is 15.6 Å². The fourth-order valence-corrected chi connectivity index (χ4v) is 1.87. The molecule has 0 unspecified atom stereocenters. The van der Waals surface area contributed by atoms with Crippen LogP contribution in [0.3, 0.4) is 0 Å². The highest BCUT2D eigenvalue weighted by Crippen LogP contribution is 2.23. The molecule has 2 aromatic rings. The summed E-state index contributed by atoms with van der Waals surface area (Å²) >= 11 is 11.9. The molecule has 2 rings (SSSR count). The minimum absolute atomic E-state index is 0.555. The van der Waals surface area contributed by atoms with Gasteiger partial charge in [0.15, 0.2) is 0 Å². The smallest absolute Gasteiger partial charge is 0.0998 e. The molecule has 0 N–H and O–H groups in total. The Hall–Kier alpha value is -1.75. The highest BCUT2D eigenvalue weighted by atomic mass is 35.5. The van der Waals surface area contributed by atoms with E-state index in [1.54, 1.807) is 24.3 Å². The van der Waals surface area contributed by atoms with Gasteiger partial charge in [0.25, 0.3) is 0 Å². The fraction of sp³-hybridized carbons (Fsp3) is 0. The monoisotopic (exact) mass is 273 g/mol. The summed E-state index contributed by atoms with van der Waals surface area (Å²) in [7, 11) is 0. The lowest BCUT2D eigenvalue weighted by Gasteiger charge is -2.01. The van der Waals surface area contributed by atoms with Crippen LogP contribution in [0.15, 0.2) is 48.5 Å². The van der Waals surface area contributed by atoms with Crippen LogP contribution in [0.4, 0.5) is 0 Å². The zero-order chi connectivity index (χ0) is 13.0. The van der Waals surface area contributed by atoms with Crippen LogP contribution in [0.2, 0.25) is 10.0 Å². The lowest BCUT2D eigenvalue weighted by Crippen LogP contribution is -1.82. The van der Waals surface area contributed by atoms with Crippen molar-refractivity contribution in [2.75, 3.05) is 0 Å². The molecule has 0 saturated carbocycles. The average Bonchev–Trinajstić information content (AvgIpc) is 2.39. The van der Waals surface area contributed by atoms with Crippen LogP contribution in [-0.2, 0) is 0 Å². The first kappa shape index (κ1) is 12.7. The zero-order valence-electron chi connectivity index (χ0n) is 9.40. The minimum Gasteiger partial charge on any atom is -0.192 e. The van der Waals surface area contributed by atoms with Crippen LogP contribution in [-0.4, -0.2) is 0 Å². The molecular formula is C15H9Cl2N. The van der Waals surface area contributed by atoms with Gasteiger partial charge in [-0.2, -0.15) is 5.26 Å². The fourth-order valence-electron chi connectivity index (χ4n) is 1.56. The van der Waals surface area contributed by atoms with Gasteiger partial charge in [0.05, 0.1) is 11.6 Å². The molecule has 0 aliphatic rings. The summed E-state index contributed by atoms with van der Waals surface area (Å²) in [5, 5.41) is 10.5. The van der Waals surface area contributed by atoms with Gasteiger partial charge in [0.1, 0.15) is 0 Å². The van der Waals surface area contributed by atoms with Crippen molar-refractivity contribution in [1.29, 1.82) is 5.26 Å². The van der Waals surface area contributed by atoms with Gasteiger partial charge in [-0.15, -0.1) is 0 Å². The number of allylic oxidation sites excluding steroid dienone is 1. The molecular weight excluding hydrogens is 265 g/mol. The molecule has 0 atom stereocenters. The SMILES string of the molecule is N#C/C(=C\c1ccccc1Cl)c1ccc(Cl)cc1. The quantitative estimate of drug-likeness (QED) is 0.554. The van der Waals surface area contributed by atoms with Gasteiger partial charge >= 0.3 is 0 Å². The molecule has 18 heavy (non-hydrogen) atoms. The van der Waals surface area contributed by atoms with E-state index >= 15 is 0 Å². The van der Waals surface area contributed by atoms with Crippen LogP contribution in [0.1, 0.15) is 11.1 Å². The number of nitrogens with zero attached hydrogens (tertiary/aromatic N) is 1. The Labute approximate surface area is 116 Å². The van der Waals surface area contributed by atoms with Crippen LogP contribution in [0.25, 0.3) is 11.6 Å². The van der Waals surface area contributed by atoms with E-state index in [1.807, 2.05) is 30.3 Å². The van der Waals surface area contributed by atoms with Crippen molar-refractivity contribution in [1.82, 2.24) is 0 Å². The van der Waals surface area contributed by atoms with Gasteiger partial charge in [-0.05, 0) is 35.4 Å². The largest absolute Gasteiger partial charge is 0.192 e. The Morgan fingerprint density at radius 2 is 1.67 bits per heavy atom. The molecule has 3 heteroatoms. The molecule has 0 radical (unpaired) electrons. The van der Waals surface area contributed by atoms with E-state index in [9.17, 15) is 5.26 Å². The second kappa shape index (κ2) is 5.73. The van der Waals surface area contributed by atoms with Crippen molar-refractivity contribution in [3.05, 3.63) is 69.7 Å². The van der Waals surface area contributed by atoms with Crippen LogP contribution in [0, 0.1) is 11.3 Å². The number of rotatable bonds is 2. The first-order valence-corrected chi connectivity index (χ1v) is 6.08. The maximum absolute atomic E-state index is 9.21. The van der Waals surface area contributed by atoms with Gasteiger partial charge in [-0.25, -0.2) is 0 Å². The van der Waals surface area contributed by atoms with E-state index in [4.69, 9.17) is 23.2 Å². The molecule has 0 saturated heterocycles. The highest BCUT2D eigenvalue weighted by molar-refractivity contribution is 6.32. The highest BCUT2D eigenvalue weighted by Gasteiger charge is 2.02. The molecule has 88 valence electrons. The van der Waals surface area contributed by atoms with E-state index < -0.39 is 0 Å². The van der Waals surface area contributed by atoms with E-state index in [0.717, 1.165) is 11.1 Å². The molecule has 0 aliphatic carbocycles. The molecule has 0 spiro atoms. The zero-order valence-corrected chi connectivity index (χ0v) is 10.9. The Bertz CT molecular complexity index is 622. The summed E-state index contributed by atoms with van der Waals surface area (Å²) in [5.74, 6) is 0. The molecule has 0 heterocycles. The van der Waals surface area contributed by atoms with Gasteiger partial charge in [-0.1, -0.05) is 53.5 Å². The number of halogens is 2. The van der Waals surface area contributed by atoms with Gasteiger partial charge < -0.3 is 0 Å². The number of hydrogen-bond donors (Lipinski definition) is 0. The summed E-state index contributed by atoms with van der Waals surface area (Å²) in [6.45, 7) is 0. The third-order valence-electron chi connectivity index (χ3n) is 2.48. The number of hydrogen-bond acceptors (Lipinski definition) is 1. The van der Waals surface area contributed by atoms with Crippen molar-refractivity contribution >= 4 is 34.9 Å². The van der Waals surface area contributed by atoms with Crippen molar-refractivity contribution in [2.45, 2.75) is 0 Å². The maximum atomic E-state index is 9.21. The van der Waals surface area contributed by atoms with Crippen LogP contribution >= 0.6 is 23.2 Å². The number of nitriles is 1. The Kier molecular flexibility index (Phi) is 4.04. The second-order valence-electron chi connectivity index (χ2n) is 3.70. The summed E-state index contributed by atoms with van der Waals surface area (Å²) in [4.78, 5) is 0. The summed E-state index contributed by atoms with van der Waals surface area (Å²) < 4.78 is 0. The predicted molar refractivity (Wildman–Crippen MR) is 76.4 cm³/mol. The lowest BCUT2D eigenvalue weighted by atomic mass is 10.0. The summed E-state index contributed by atoms with van der Waals surface area (Å²) in [5.41, 5.74) is 2.20. The maximum Gasteiger partial charge on any atom is 0.0998 e. The molecule has 0 aliphatic heterocycles. The minimum atomic E-state index is 0.555. The van der Waals surface area contributed by atoms with Gasteiger partial charge in [0.2, 0.25) is 0 Å². The molecule has 0 aromatic heterocycles. The Morgan fingerprint density at radius 3 is 2.28 bits per heavy atom. The van der Waals surface area contributed by atoms with Gasteiger partial charge in [0, 0.05) is 10.0 Å². The van der Waals surface area contributed by atoms with Crippen molar-refractivity contribution in [3.63, 3.8) is 0 Å². The van der Waals surface area contributed by atoms with E-state index in [1.165, 1.54) is 0 Å². The van der Waals surface area contributed by atoms with Crippen molar-refractivity contribution in [2.24, 2.45) is 0 Å². The molecule has 0 amide bonds. The van der Waals surface area contributed by atoms with Crippen molar-refractivity contribution in [3.8, 4) is 6.07 Å². The second-order valence-corrected chi connectivity index (χ2v) is 4.54. The topological polar surface area (TPSA) is 23.8 Å². The summed E-state index contributed by atoms with van der Waals surface area (Å²) in [6, 6.07) is 16.7. The number of benzene rings is 2. The normalized spacial score (nSPS) is 11.1. The van der Waals surface area contributed by atoms with Crippen LogP contribution < -0.4 is 0 Å². The van der Waals surface area contributed by atoms with Crippen molar-refractivity contribution < 1.29 is 0 Å².